The third-order valence-corrected chi connectivity index (χ3v) is 5.59. The second kappa shape index (κ2) is 6.92. The van der Waals surface area contributed by atoms with Crippen molar-refractivity contribution in [2.75, 3.05) is 11.4 Å². The zero-order valence-corrected chi connectivity index (χ0v) is 15.7. The zero-order valence-electron chi connectivity index (χ0n) is 14.2. The minimum absolute atomic E-state index is 0.104. The van der Waals surface area contributed by atoms with Gasteiger partial charge in [-0.1, -0.05) is 11.6 Å². The predicted molar refractivity (Wildman–Crippen MR) is 105 cm³/mol. The van der Waals surface area contributed by atoms with Crippen molar-refractivity contribution in [2.24, 2.45) is 0 Å². The molecule has 1 aromatic heterocycles. The number of aromatic hydroxyl groups is 2. The highest BCUT2D eigenvalue weighted by molar-refractivity contribution is 7.79. The van der Waals surface area contributed by atoms with Gasteiger partial charge < -0.3 is 19.7 Å². The van der Waals surface area contributed by atoms with Crippen LogP contribution in [0.5, 0.6) is 11.8 Å². The summed E-state index contributed by atoms with van der Waals surface area (Å²) in [7, 11) is 0. The Labute approximate surface area is 163 Å². The third kappa shape index (κ3) is 3.18. The standard InChI is InChI=1S/C19H17ClN2O4S/c20-13-3-8-16-12(10-13)2-1-9-21(16)17-11-18(23)22(19(17)24)14-4-6-15(7-5-14)27(25)26/h3-8,10-11,23-24H,1-2,9H2,(H,25,26). The molecular formula is C19H17ClN2O4S. The molecule has 1 atom stereocenters. The number of fused-ring (bicyclic) bond motifs is 1. The first-order chi connectivity index (χ1) is 13.0. The Kier molecular flexibility index (Phi) is 4.59. The van der Waals surface area contributed by atoms with E-state index in [1.807, 2.05) is 17.0 Å². The van der Waals surface area contributed by atoms with Crippen molar-refractivity contribution in [1.82, 2.24) is 4.57 Å². The van der Waals surface area contributed by atoms with Crippen LogP contribution in [-0.2, 0) is 17.5 Å². The van der Waals surface area contributed by atoms with E-state index in [0.717, 1.165) is 24.1 Å². The Morgan fingerprint density at radius 2 is 1.74 bits per heavy atom. The number of anilines is 2. The van der Waals surface area contributed by atoms with Crippen molar-refractivity contribution in [3.8, 4) is 17.4 Å². The lowest BCUT2D eigenvalue weighted by Gasteiger charge is -2.30. The lowest BCUT2D eigenvalue weighted by molar-refractivity contribution is 0.402. The van der Waals surface area contributed by atoms with Crippen LogP contribution in [0.4, 0.5) is 11.4 Å². The molecule has 0 spiro atoms. The summed E-state index contributed by atoms with van der Waals surface area (Å²) in [6, 6.07) is 13.2. The summed E-state index contributed by atoms with van der Waals surface area (Å²) >= 11 is 4.01. The van der Waals surface area contributed by atoms with E-state index in [-0.39, 0.29) is 16.7 Å². The average Bonchev–Trinajstić information content (AvgIpc) is 2.95. The van der Waals surface area contributed by atoms with Crippen molar-refractivity contribution < 1.29 is 19.0 Å². The van der Waals surface area contributed by atoms with Crippen LogP contribution in [0.3, 0.4) is 0 Å². The van der Waals surface area contributed by atoms with Crippen molar-refractivity contribution in [2.45, 2.75) is 17.7 Å². The van der Waals surface area contributed by atoms with Crippen LogP contribution in [0.15, 0.2) is 53.4 Å². The summed E-state index contributed by atoms with van der Waals surface area (Å²) in [5, 5.41) is 21.9. The highest BCUT2D eigenvalue weighted by Gasteiger charge is 2.25. The number of rotatable bonds is 3. The Bertz CT molecular complexity index is 1030. The first kappa shape index (κ1) is 17.9. The summed E-state index contributed by atoms with van der Waals surface area (Å²) in [6.45, 7) is 0.702. The van der Waals surface area contributed by atoms with Crippen LogP contribution in [0.25, 0.3) is 5.69 Å². The van der Waals surface area contributed by atoms with Gasteiger partial charge in [-0.15, -0.1) is 0 Å². The van der Waals surface area contributed by atoms with Crippen LogP contribution >= 0.6 is 11.6 Å². The van der Waals surface area contributed by atoms with Crippen LogP contribution in [0, 0.1) is 0 Å². The van der Waals surface area contributed by atoms with Gasteiger partial charge in [0.2, 0.25) is 11.8 Å². The fourth-order valence-electron chi connectivity index (χ4n) is 3.46. The monoisotopic (exact) mass is 404 g/mol. The van der Waals surface area contributed by atoms with Gasteiger partial charge in [0.25, 0.3) is 0 Å². The topological polar surface area (TPSA) is 85.9 Å². The van der Waals surface area contributed by atoms with E-state index in [2.05, 4.69) is 0 Å². The molecule has 0 saturated heterocycles. The summed E-state index contributed by atoms with van der Waals surface area (Å²) in [5.41, 5.74) is 3.02. The van der Waals surface area contributed by atoms with E-state index in [9.17, 15) is 14.4 Å². The van der Waals surface area contributed by atoms with Gasteiger partial charge in [-0.05, 0) is 60.9 Å². The molecule has 6 nitrogen and oxygen atoms in total. The molecule has 8 heteroatoms. The Balaban J connectivity index is 1.77. The molecular weight excluding hydrogens is 388 g/mol. The number of aryl methyl sites for hydroxylation is 1. The largest absolute Gasteiger partial charge is 0.494 e. The van der Waals surface area contributed by atoms with Crippen LogP contribution in [0.1, 0.15) is 12.0 Å². The van der Waals surface area contributed by atoms with E-state index in [0.29, 0.717) is 22.9 Å². The Morgan fingerprint density at radius 1 is 1.00 bits per heavy atom. The van der Waals surface area contributed by atoms with Gasteiger partial charge in [0.1, 0.15) is 5.69 Å². The summed E-state index contributed by atoms with van der Waals surface area (Å²) in [6.07, 6.45) is 1.80. The maximum atomic E-state index is 11.1. The van der Waals surface area contributed by atoms with Gasteiger partial charge in [-0.2, -0.15) is 0 Å². The van der Waals surface area contributed by atoms with Crippen LogP contribution in [0.2, 0.25) is 5.02 Å². The zero-order chi connectivity index (χ0) is 19.1. The fourth-order valence-corrected chi connectivity index (χ4v) is 4.02. The van der Waals surface area contributed by atoms with E-state index in [1.165, 1.54) is 22.8 Å². The highest BCUT2D eigenvalue weighted by atomic mass is 35.5. The lowest BCUT2D eigenvalue weighted by atomic mass is 10.0. The van der Waals surface area contributed by atoms with Crippen molar-refractivity contribution in [3.05, 3.63) is 59.1 Å². The molecule has 1 aliphatic rings. The number of halogens is 1. The Hall–Kier alpha value is -2.48. The lowest BCUT2D eigenvalue weighted by Crippen LogP contribution is -2.24. The average molecular weight is 405 g/mol. The number of hydrogen-bond acceptors (Lipinski definition) is 4. The van der Waals surface area contributed by atoms with Gasteiger partial charge in [0, 0.05) is 23.3 Å². The molecule has 0 fully saturated rings. The summed E-state index contributed by atoms with van der Waals surface area (Å²) in [5.74, 6) is -0.227. The van der Waals surface area contributed by atoms with Crippen LogP contribution < -0.4 is 4.90 Å². The molecule has 0 aliphatic carbocycles. The number of hydrogen-bond donors (Lipinski definition) is 3. The van der Waals surface area contributed by atoms with Gasteiger partial charge in [-0.3, -0.25) is 0 Å². The molecule has 0 radical (unpaired) electrons. The highest BCUT2D eigenvalue weighted by Crippen LogP contribution is 2.43. The molecule has 0 saturated carbocycles. The Morgan fingerprint density at radius 3 is 2.44 bits per heavy atom. The minimum Gasteiger partial charge on any atom is -0.494 e. The van der Waals surface area contributed by atoms with Crippen molar-refractivity contribution in [1.29, 1.82) is 0 Å². The smallest absolute Gasteiger partial charge is 0.223 e. The number of nitrogens with zero attached hydrogens (tertiary/aromatic N) is 2. The molecule has 3 aromatic rings. The fraction of sp³-hybridized carbons (Fsp3) is 0.158. The summed E-state index contributed by atoms with van der Waals surface area (Å²) in [4.78, 5) is 2.20. The second-order valence-corrected chi connectivity index (χ2v) is 7.72. The normalized spacial score (nSPS) is 14.8. The van der Waals surface area contributed by atoms with E-state index in [1.54, 1.807) is 18.2 Å². The molecule has 2 heterocycles. The number of benzene rings is 2. The quantitative estimate of drug-likeness (QED) is 0.569. The van der Waals surface area contributed by atoms with Gasteiger partial charge >= 0.3 is 0 Å². The maximum Gasteiger partial charge on any atom is 0.223 e. The molecule has 2 aromatic carbocycles. The van der Waals surface area contributed by atoms with Gasteiger partial charge in [0.15, 0.2) is 11.1 Å². The number of aromatic nitrogens is 1. The van der Waals surface area contributed by atoms with E-state index in [4.69, 9.17) is 16.2 Å². The minimum atomic E-state index is -2.08. The maximum absolute atomic E-state index is 11.1. The van der Waals surface area contributed by atoms with Gasteiger partial charge in [0.05, 0.1) is 10.6 Å². The molecule has 0 amide bonds. The predicted octanol–water partition coefficient (Wildman–Crippen LogP) is 4.21. The molecule has 27 heavy (non-hydrogen) atoms. The summed E-state index contributed by atoms with van der Waals surface area (Å²) < 4.78 is 21.6. The first-order valence-electron chi connectivity index (χ1n) is 8.36. The van der Waals surface area contributed by atoms with Crippen molar-refractivity contribution in [3.63, 3.8) is 0 Å². The van der Waals surface area contributed by atoms with Gasteiger partial charge in [-0.25, -0.2) is 8.78 Å². The third-order valence-electron chi connectivity index (χ3n) is 4.68. The molecule has 0 bridgehead atoms. The van der Waals surface area contributed by atoms with Crippen molar-refractivity contribution >= 4 is 34.1 Å². The molecule has 1 aliphatic heterocycles. The molecule has 3 N–H and O–H groups in total. The molecule has 4 rings (SSSR count). The molecule has 1 unspecified atom stereocenters. The SMILES string of the molecule is O=S(O)c1ccc(-n2c(O)cc(N3CCCc4cc(Cl)ccc43)c2O)cc1. The molecule has 140 valence electrons. The second-order valence-electron chi connectivity index (χ2n) is 6.32. The van der Waals surface area contributed by atoms with E-state index < -0.39 is 11.1 Å². The van der Waals surface area contributed by atoms with E-state index >= 15 is 0 Å². The first-order valence-corrected chi connectivity index (χ1v) is 9.85. The van der Waals surface area contributed by atoms with Crippen LogP contribution in [-0.4, -0.2) is 30.1 Å².